The van der Waals surface area contributed by atoms with Gasteiger partial charge < -0.3 is 0 Å². The van der Waals surface area contributed by atoms with Gasteiger partial charge in [-0.1, -0.05) is 34.6 Å². The quantitative estimate of drug-likeness (QED) is 0.512. The van der Waals surface area contributed by atoms with E-state index in [1.165, 1.54) is 9.75 Å². The Hall–Kier alpha value is -0.420. The van der Waals surface area contributed by atoms with Gasteiger partial charge in [-0.15, -0.1) is 11.3 Å². The molecule has 0 aromatic carbocycles. The van der Waals surface area contributed by atoms with Crippen LogP contribution in [0.3, 0.4) is 0 Å². The summed E-state index contributed by atoms with van der Waals surface area (Å²) in [5.74, 6) is 5.97. The van der Waals surface area contributed by atoms with Crippen molar-refractivity contribution in [2.75, 3.05) is 13.1 Å². The second-order valence-electron chi connectivity index (χ2n) is 5.63. The molecule has 0 saturated carbocycles. The van der Waals surface area contributed by atoms with Crippen molar-refractivity contribution < 1.29 is 0 Å². The molecule has 0 amide bonds. The van der Waals surface area contributed by atoms with Gasteiger partial charge in [-0.05, 0) is 44.5 Å². The fraction of sp³-hybridized carbons (Fsp3) is 0.765. The molecule has 1 heterocycles. The number of rotatable bonds is 10. The first-order chi connectivity index (χ1) is 10.1. The second-order valence-corrected chi connectivity index (χ2v) is 6.88. The monoisotopic (exact) mass is 311 g/mol. The van der Waals surface area contributed by atoms with Gasteiger partial charge in [-0.2, -0.15) is 0 Å². The Bertz CT molecular complexity index is 394. The molecule has 3 N–H and O–H groups in total. The summed E-state index contributed by atoms with van der Waals surface area (Å²) >= 11 is 1.93. The van der Waals surface area contributed by atoms with E-state index in [9.17, 15) is 0 Å². The van der Waals surface area contributed by atoms with Crippen molar-refractivity contribution in [2.24, 2.45) is 5.84 Å². The summed E-state index contributed by atoms with van der Waals surface area (Å²) in [6.07, 6.45) is 4.37. The highest BCUT2D eigenvalue weighted by Crippen LogP contribution is 2.31. The number of nitrogens with zero attached hydrogens (tertiary/aromatic N) is 1. The highest BCUT2D eigenvalue weighted by Gasteiger charge is 2.39. The van der Waals surface area contributed by atoms with Crippen molar-refractivity contribution in [3.63, 3.8) is 0 Å². The molecule has 1 aromatic rings. The van der Waals surface area contributed by atoms with Crippen LogP contribution < -0.4 is 11.3 Å². The van der Waals surface area contributed by atoms with Crippen LogP contribution in [0.25, 0.3) is 0 Å². The smallest absolute Gasteiger partial charge is 0.0442 e. The van der Waals surface area contributed by atoms with E-state index in [1.54, 1.807) is 0 Å². The van der Waals surface area contributed by atoms with Gasteiger partial charge in [0.2, 0.25) is 0 Å². The SMILES string of the molecule is CCc1ccc(CC(NN)C(CC)(CC)N(CC)CC)s1. The van der Waals surface area contributed by atoms with Crippen LogP contribution in [0, 0.1) is 0 Å². The summed E-state index contributed by atoms with van der Waals surface area (Å²) < 4.78 is 0. The van der Waals surface area contributed by atoms with Gasteiger partial charge in [0.05, 0.1) is 0 Å². The number of thiophene rings is 1. The molecule has 3 nitrogen and oxygen atoms in total. The van der Waals surface area contributed by atoms with E-state index in [2.05, 4.69) is 57.1 Å². The molecule has 1 rings (SSSR count). The van der Waals surface area contributed by atoms with Crippen LogP contribution in [0.2, 0.25) is 0 Å². The van der Waals surface area contributed by atoms with Crippen LogP contribution in [-0.2, 0) is 12.8 Å². The summed E-state index contributed by atoms with van der Waals surface area (Å²) in [7, 11) is 0. The van der Waals surface area contributed by atoms with Crippen molar-refractivity contribution in [3.8, 4) is 0 Å². The summed E-state index contributed by atoms with van der Waals surface area (Å²) in [6.45, 7) is 13.4. The van der Waals surface area contributed by atoms with Crippen molar-refractivity contribution in [2.45, 2.75) is 71.9 Å². The Morgan fingerprint density at radius 2 is 1.67 bits per heavy atom. The summed E-state index contributed by atoms with van der Waals surface area (Å²) in [4.78, 5) is 5.47. The molecule has 21 heavy (non-hydrogen) atoms. The molecule has 122 valence electrons. The molecule has 4 heteroatoms. The number of nitrogens with two attached hydrogens (primary N) is 1. The van der Waals surface area contributed by atoms with Crippen LogP contribution >= 0.6 is 11.3 Å². The molecule has 0 spiro atoms. The van der Waals surface area contributed by atoms with Gasteiger partial charge in [0, 0.05) is 27.8 Å². The lowest BCUT2D eigenvalue weighted by atomic mass is 9.81. The number of likely N-dealkylation sites (N-methyl/N-ethyl adjacent to an activating group) is 1. The Kier molecular flexibility index (Phi) is 7.88. The summed E-state index contributed by atoms with van der Waals surface area (Å²) in [5.41, 5.74) is 3.27. The molecule has 1 aromatic heterocycles. The molecule has 1 unspecified atom stereocenters. The average molecular weight is 312 g/mol. The summed E-state index contributed by atoms with van der Waals surface area (Å²) in [6, 6.07) is 4.81. The maximum Gasteiger partial charge on any atom is 0.0442 e. The Labute approximate surface area is 134 Å². The van der Waals surface area contributed by atoms with E-state index in [0.717, 1.165) is 38.8 Å². The second kappa shape index (κ2) is 8.89. The fourth-order valence-corrected chi connectivity index (χ4v) is 4.59. The third kappa shape index (κ3) is 4.07. The lowest BCUT2D eigenvalue weighted by Crippen LogP contribution is -2.63. The predicted octanol–water partition coefficient (Wildman–Crippen LogP) is 3.59. The molecule has 0 aliphatic rings. The number of nitrogens with one attached hydrogen (secondary N) is 1. The van der Waals surface area contributed by atoms with Gasteiger partial charge in [-0.25, -0.2) is 0 Å². The fourth-order valence-electron chi connectivity index (χ4n) is 3.59. The third-order valence-electron chi connectivity index (χ3n) is 4.94. The van der Waals surface area contributed by atoms with Crippen LogP contribution in [0.1, 0.15) is 57.2 Å². The zero-order chi connectivity index (χ0) is 15.9. The highest BCUT2D eigenvalue weighted by atomic mass is 32.1. The highest BCUT2D eigenvalue weighted by molar-refractivity contribution is 7.11. The molecule has 1 atom stereocenters. The Morgan fingerprint density at radius 3 is 2.05 bits per heavy atom. The van der Waals surface area contributed by atoms with Crippen molar-refractivity contribution in [3.05, 3.63) is 21.9 Å². The zero-order valence-corrected chi connectivity index (χ0v) is 15.2. The van der Waals surface area contributed by atoms with E-state index in [4.69, 9.17) is 5.84 Å². The van der Waals surface area contributed by atoms with Gasteiger partial charge in [0.15, 0.2) is 0 Å². The van der Waals surface area contributed by atoms with E-state index in [0.29, 0.717) is 0 Å². The molecule has 0 saturated heterocycles. The lowest BCUT2D eigenvalue weighted by molar-refractivity contribution is 0.0495. The van der Waals surface area contributed by atoms with Crippen LogP contribution in [0.4, 0.5) is 0 Å². The first-order valence-corrected chi connectivity index (χ1v) is 9.22. The minimum Gasteiger partial charge on any atom is -0.297 e. The van der Waals surface area contributed by atoms with Crippen molar-refractivity contribution >= 4 is 11.3 Å². The normalized spacial score (nSPS) is 13.9. The number of aryl methyl sites for hydroxylation is 1. The molecule has 0 bridgehead atoms. The van der Waals surface area contributed by atoms with Gasteiger partial charge in [0.1, 0.15) is 0 Å². The molecular formula is C17H33N3S. The van der Waals surface area contributed by atoms with Crippen LogP contribution in [-0.4, -0.2) is 29.6 Å². The first kappa shape index (κ1) is 18.6. The summed E-state index contributed by atoms with van der Waals surface area (Å²) in [5, 5.41) is 0. The lowest BCUT2D eigenvalue weighted by Gasteiger charge is -2.47. The number of hydrogen-bond acceptors (Lipinski definition) is 4. The minimum absolute atomic E-state index is 0.134. The van der Waals surface area contributed by atoms with E-state index in [1.807, 2.05) is 11.3 Å². The standard InChI is InChI=1S/C17H33N3S/c1-6-14-11-12-15(21-14)13-16(19-18)17(7-2,8-3)20(9-4)10-5/h11-12,16,19H,6-10,13,18H2,1-5H3. The Morgan fingerprint density at radius 1 is 1.10 bits per heavy atom. The molecule has 0 radical (unpaired) electrons. The van der Waals surface area contributed by atoms with E-state index >= 15 is 0 Å². The van der Waals surface area contributed by atoms with Crippen LogP contribution in [0.15, 0.2) is 12.1 Å². The van der Waals surface area contributed by atoms with Gasteiger partial charge in [0.25, 0.3) is 0 Å². The van der Waals surface area contributed by atoms with Crippen LogP contribution in [0.5, 0.6) is 0 Å². The zero-order valence-electron chi connectivity index (χ0n) is 14.4. The molecule has 0 aliphatic carbocycles. The van der Waals surface area contributed by atoms with Crippen molar-refractivity contribution in [1.29, 1.82) is 0 Å². The first-order valence-electron chi connectivity index (χ1n) is 8.40. The average Bonchev–Trinajstić information content (AvgIpc) is 2.98. The van der Waals surface area contributed by atoms with E-state index in [-0.39, 0.29) is 11.6 Å². The topological polar surface area (TPSA) is 41.3 Å². The van der Waals surface area contributed by atoms with Gasteiger partial charge in [-0.3, -0.25) is 16.2 Å². The minimum atomic E-state index is 0.134. The Balaban J connectivity index is 3.01. The molecular weight excluding hydrogens is 278 g/mol. The van der Waals surface area contributed by atoms with E-state index < -0.39 is 0 Å². The largest absolute Gasteiger partial charge is 0.297 e. The third-order valence-corrected chi connectivity index (χ3v) is 6.19. The number of hydrogen-bond donors (Lipinski definition) is 2. The maximum atomic E-state index is 5.97. The van der Waals surface area contributed by atoms with Gasteiger partial charge >= 0.3 is 0 Å². The maximum absolute atomic E-state index is 5.97. The predicted molar refractivity (Wildman–Crippen MR) is 94.7 cm³/mol. The molecule has 0 fully saturated rings. The molecule has 0 aliphatic heterocycles. The van der Waals surface area contributed by atoms with Crippen molar-refractivity contribution in [1.82, 2.24) is 10.3 Å². The number of hydrazine groups is 1.